The number of nitrogens with zero attached hydrogens (tertiary/aromatic N) is 2. The Morgan fingerprint density at radius 2 is 2.31 bits per heavy atom. The van der Waals surface area contributed by atoms with Crippen molar-refractivity contribution in [3.05, 3.63) is 23.0 Å². The predicted molar refractivity (Wildman–Crippen MR) is 53.0 cm³/mol. The Morgan fingerprint density at radius 3 is 2.75 bits per heavy atom. The normalized spacial score (nSPS) is 10.2. The lowest BCUT2D eigenvalue weighted by Gasteiger charge is -2.12. The summed E-state index contributed by atoms with van der Waals surface area (Å²) in [5.74, 6) is 0.248. The van der Waals surface area contributed by atoms with Crippen LogP contribution in [0.4, 0.5) is 8.78 Å². The van der Waals surface area contributed by atoms with Crippen LogP contribution in [0.25, 0.3) is 0 Å². The number of aromatic nitrogens is 1. The highest BCUT2D eigenvalue weighted by atomic mass is 19.3. The van der Waals surface area contributed by atoms with Gasteiger partial charge in [-0.05, 0) is 0 Å². The number of alkyl halides is 2. The van der Waals surface area contributed by atoms with Gasteiger partial charge >= 0.3 is 0 Å². The van der Waals surface area contributed by atoms with Crippen LogP contribution < -0.4 is 10.5 Å². The van der Waals surface area contributed by atoms with Gasteiger partial charge in [0.15, 0.2) is 0 Å². The summed E-state index contributed by atoms with van der Waals surface area (Å²) >= 11 is 0. The number of rotatable bonds is 4. The van der Waals surface area contributed by atoms with E-state index in [2.05, 4.69) is 4.98 Å². The zero-order valence-electron chi connectivity index (χ0n) is 8.70. The number of ether oxygens (including phenoxy) is 1. The van der Waals surface area contributed by atoms with Gasteiger partial charge in [-0.2, -0.15) is 5.26 Å². The zero-order chi connectivity index (χ0) is 12.1. The second-order valence-electron chi connectivity index (χ2n) is 3.02. The molecule has 1 heterocycles. The fraction of sp³-hybridized carbons (Fsp3) is 0.400. The quantitative estimate of drug-likeness (QED) is 0.847. The molecule has 2 N–H and O–H groups in total. The molecule has 0 aromatic carbocycles. The van der Waals surface area contributed by atoms with Crippen LogP contribution in [-0.2, 0) is 13.0 Å². The minimum Gasteiger partial charge on any atom is -0.496 e. The first kappa shape index (κ1) is 12.3. The minimum atomic E-state index is -2.73. The van der Waals surface area contributed by atoms with Gasteiger partial charge in [0.05, 0.1) is 25.3 Å². The van der Waals surface area contributed by atoms with Crippen molar-refractivity contribution >= 4 is 0 Å². The van der Waals surface area contributed by atoms with Crippen molar-refractivity contribution < 1.29 is 13.5 Å². The maximum atomic E-state index is 12.7. The number of nitrogens with two attached hydrogens (primary N) is 1. The molecular weight excluding hydrogens is 216 g/mol. The van der Waals surface area contributed by atoms with Crippen molar-refractivity contribution in [2.45, 2.75) is 19.4 Å². The molecule has 1 aromatic rings. The van der Waals surface area contributed by atoms with Gasteiger partial charge in [-0.3, -0.25) is 4.98 Å². The Balaban J connectivity index is 3.32. The molecule has 0 amide bonds. The molecular formula is C10H11F2N3O. The molecule has 0 atom stereocenters. The Hall–Kier alpha value is -1.74. The first-order chi connectivity index (χ1) is 7.63. The molecule has 0 radical (unpaired) electrons. The maximum Gasteiger partial charge on any atom is 0.280 e. The topological polar surface area (TPSA) is 71.9 Å². The lowest BCUT2D eigenvalue weighted by Crippen LogP contribution is -2.09. The maximum absolute atomic E-state index is 12.7. The van der Waals surface area contributed by atoms with E-state index in [-0.39, 0.29) is 30.0 Å². The van der Waals surface area contributed by atoms with Crippen molar-refractivity contribution in [2.24, 2.45) is 5.73 Å². The lowest BCUT2D eigenvalue weighted by molar-refractivity contribution is 0.144. The summed E-state index contributed by atoms with van der Waals surface area (Å²) < 4.78 is 30.3. The molecule has 0 saturated heterocycles. The monoisotopic (exact) mass is 227 g/mol. The number of hydrogen-bond acceptors (Lipinski definition) is 4. The van der Waals surface area contributed by atoms with E-state index in [0.717, 1.165) is 0 Å². The molecule has 0 aliphatic rings. The summed E-state index contributed by atoms with van der Waals surface area (Å²) in [6.45, 7) is -0.0807. The van der Waals surface area contributed by atoms with Crippen LogP contribution >= 0.6 is 0 Å². The van der Waals surface area contributed by atoms with Crippen molar-refractivity contribution in [1.82, 2.24) is 4.98 Å². The molecule has 0 aliphatic heterocycles. The molecule has 0 aliphatic carbocycles. The Bertz CT molecular complexity index is 415. The zero-order valence-corrected chi connectivity index (χ0v) is 8.70. The second kappa shape index (κ2) is 5.37. The van der Waals surface area contributed by atoms with Gasteiger partial charge in [0.1, 0.15) is 11.4 Å². The number of pyridine rings is 1. The summed E-state index contributed by atoms with van der Waals surface area (Å²) in [7, 11) is 1.36. The van der Waals surface area contributed by atoms with Crippen LogP contribution in [0, 0.1) is 11.3 Å². The van der Waals surface area contributed by atoms with Gasteiger partial charge in [0, 0.05) is 18.2 Å². The predicted octanol–water partition coefficient (Wildman–Crippen LogP) is 1.55. The average Bonchev–Trinajstić information content (AvgIpc) is 2.28. The molecule has 0 unspecified atom stereocenters. The molecule has 16 heavy (non-hydrogen) atoms. The molecule has 1 aromatic heterocycles. The fourth-order valence-corrected chi connectivity index (χ4v) is 1.36. The second-order valence-corrected chi connectivity index (χ2v) is 3.02. The molecule has 0 fully saturated rings. The molecule has 1 rings (SSSR count). The van der Waals surface area contributed by atoms with Crippen LogP contribution in [0.15, 0.2) is 6.07 Å². The summed E-state index contributed by atoms with van der Waals surface area (Å²) in [5, 5.41) is 8.50. The smallest absolute Gasteiger partial charge is 0.280 e. The first-order valence-corrected chi connectivity index (χ1v) is 4.55. The Morgan fingerprint density at radius 1 is 1.62 bits per heavy atom. The largest absolute Gasteiger partial charge is 0.496 e. The highest BCUT2D eigenvalue weighted by Gasteiger charge is 2.19. The van der Waals surface area contributed by atoms with Crippen LogP contribution in [0.1, 0.15) is 23.4 Å². The van der Waals surface area contributed by atoms with E-state index in [4.69, 9.17) is 15.7 Å². The number of halogens is 2. The molecule has 6 heteroatoms. The van der Waals surface area contributed by atoms with E-state index in [9.17, 15) is 8.78 Å². The molecule has 0 bridgehead atoms. The summed E-state index contributed by atoms with van der Waals surface area (Å²) in [4.78, 5) is 3.71. The van der Waals surface area contributed by atoms with Crippen LogP contribution in [-0.4, -0.2) is 12.1 Å². The lowest BCUT2D eigenvalue weighted by atomic mass is 10.1. The van der Waals surface area contributed by atoms with Gasteiger partial charge < -0.3 is 10.5 Å². The van der Waals surface area contributed by atoms with E-state index >= 15 is 0 Å². The number of nitriles is 1. The molecule has 0 spiro atoms. The van der Waals surface area contributed by atoms with E-state index in [1.807, 2.05) is 6.07 Å². The highest BCUT2D eigenvalue weighted by molar-refractivity contribution is 5.39. The van der Waals surface area contributed by atoms with Crippen molar-refractivity contribution in [3.63, 3.8) is 0 Å². The summed E-state index contributed by atoms with van der Waals surface area (Å²) in [6.07, 6.45) is -2.77. The fourth-order valence-electron chi connectivity index (χ4n) is 1.36. The van der Waals surface area contributed by atoms with E-state index in [1.54, 1.807) is 0 Å². The third-order valence-electron chi connectivity index (χ3n) is 2.06. The van der Waals surface area contributed by atoms with Gasteiger partial charge in [0.2, 0.25) is 0 Å². The third kappa shape index (κ3) is 2.44. The number of hydrogen-bond donors (Lipinski definition) is 1. The van der Waals surface area contributed by atoms with Gasteiger partial charge in [-0.1, -0.05) is 0 Å². The van der Waals surface area contributed by atoms with Gasteiger partial charge in [0.25, 0.3) is 6.43 Å². The van der Waals surface area contributed by atoms with Crippen molar-refractivity contribution in [2.75, 3.05) is 7.11 Å². The highest BCUT2D eigenvalue weighted by Crippen LogP contribution is 2.28. The summed E-state index contributed by atoms with van der Waals surface area (Å²) in [6, 6.07) is 3.30. The van der Waals surface area contributed by atoms with Crippen molar-refractivity contribution in [1.29, 1.82) is 5.26 Å². The van der Waals surface area contributed by atoms with E-state index in [0.29, 0.717) is 0 Å². The van der Waals surface area contributed by atoms with Gasteiger partial charge in [-0.15, -0.1) is 0 Å². The third-order valence-corrected chi connectivity index (χ3v) is 2.06. The van der Waals surface area contributed by atoms with Crippen LogP contribution in [0.2, 0.25) is 0 Å². The van der Waals surface area contributed by atoms with Crippen LogP contribution in [0.3, 0.4) is 0 Å². The number of methoxy groups -OCH3 is 1. The minimum absolute atomic E-state index is 0.0407. The standard InChI is InChI=1S/C10H11F2N3O/c1-16-8-4-6(2-3-13)15-9(10(11)12)7(8)5-14/h4,10H,2,5,14H2,1H3. The van der Waals surface area contributed by atoms with Crippen LogP contribution in [0.5, 0.6) is 5.75 Å². The van der Waals surface area contributed by atoms with E-state index < -0.39 is 12.1 Å². The van der Waals surface area contributed by atoms with Crippen molar-refractivity contribution in [3.8, 4) is 11.8 Å². The average molecular weight is 227 g/mol. The van der Waals surface area contributed by atoms with E-state index in [1.165, 1.54) is 13.2 Å². The van der Waals surface area contributed by atoms with Gasteiger partial charge in [-0.25, -0.2) is 8.78 Å². The molecule has 86 valence electrons. The summed E-state index contributed by atoms with van der Waals surface area (Å²) in [5.41, 5.74) is 5.40. The SMILES string of the molecule is COc1cc(CC#N)nc(C(F)F)c1CN. The Kier molecular flexibility index (Phi) is 4.14. The Labute approximate surface area is 91.7 Å². The molecule has 0 saturated carbocycles. The molecule has 4 nitrogen and oxygen atoms in total. The first-order valence-electron chi connectivity index (χ1n) is 4.55.